The van der Waals surface area contributed by atoms with Crippen LogP contribution in [0.25, 0.3) is 0 Å². The molecule has 0 bridgehead atoms. The van der Waals surface area contributed by atoms with E-state index >= 15 is 0 Å². The number of aromatic nitrogens is 1. The first-order chi connectivity index (χ1) is 6.40. The van der Waals surface area contributed by atoms with Crippen molar-refractivity contribution in [2.45, 2.75) is 12.5 Å². The smallest absolute Gasteiger partial charge is 0.101 e. The number of nitrogens with one attached hydrogen (secondary N) is 1. The molecule has 1 aliphatic heterocycles. The summed E-state index contributed by atoms with van der Waals surface area (Å²) in [4.78, 5) is 3.98. The zero-order valence-corrected chi connectivity index (χ0v) is 6.94. The molecule has 64 valence electrons. The van der Waals surface area contributed by atoms with Crippen LogP contribution in [0.5, 0.6) is 0 Å². The van der Waals surface area contributed by atoms with Crippen LogP contribution < -0.4 is 5.43 Å². The predicted octanol–water partition coefficient (Wildman–Crippen LogP) is 0.973. The zero-order valence-electron chi connectivity index (χ0n) is 6.94. The average Bonchev–Trinajstić information content (AvgIpc) is 2.71. The summed E-state index contributed by atoms with van der Waals surface area (Å²) in [5.74, 6) is 0. The highest BCUT2D eigenvalue weighted by molar-refractivity contribution is 5.60. The highest BCUT2D eigenvalue weighted by Crippen LogP contribution is 2.18. The van der Waals surface area contributed by atoms with E-state index in [1.54, 1.807) is 12.4 Å². The first-order valence-corrected chi connectivity index (χ1v) is 4.02. The summed E-state index contributed by atoms with van der Waals surface area (Å²) in [6.07, 6.45) is 5.99. The molecular weight excluding hydrogens is 164 g/mol. The Bertz CT molecular complexity index is 369. The molecule has 1 N–H and O–H groups in total. The normalized spacial score (nSPS) is 19.5. The van der Waals surface area contributed by atoms with Crippen LogP contribution in [0.15, 0.2) is 23.6 Å². The zero-order chi connectivity index (χ0) is 9.10. The van der Waals surface area contributed by atoms with Gasteiger partial charge >= 0.3 is 0 Å². The van der Waals surface area contributed by atoms with E-state index in [9.17, 15) is 0 Å². The molecule has 0 amide bonds. The second-order valence-corrected chi connectivity index (χ2v) is 2.85. The molecule has 0 spiro atoms. The van der Waals surface area contributed by atoms with Crippen LogP contribution in [0, 0.1) is 11.3 Å². The molecule has 1 unspecified atom stereocenters. The van der Waals surface area contributed by atoms with Crippen molar-refractivity contribution >= 4 is 6.21 Å². The van der Waals surface area contributed by atoms with Crippen LogP contribution >= 0.6 is 0 Å². The van der Waals surface area contributed by atoms with E-state index < -0.39 is 0 Å². The highest BCUT2D eigenvalue weighted by atomic mass is 15.3. The van der Waals surface area contributed by atoms with E-state index in [2.05, 4.69) is 21.6 Å². The lowest BCUT2D eigenvalue weighted by molar-refractivity contribution is 0.618. The van der Waals surface area contributed by atoms with Crippen LogP contribution in [-0.4, -0.2) is 11.2 Å². The number of rotatable bonds is 1. The molecule has 0 aromatic carbocycles. The fraction of sp³-hybridized carbons (Fsp3) is 0.222. The number of hydrogen-bond acceptors (Lipinski definition) is 4. The number of pyridine rings is 1. The van der Waals surface area contributed by atoms with Crippen molar-refractivity contribution in [3.05, 3.63) is 29.6 Å². The van der Waals surface area contributed by atoms with Gasteiger partial charge in [0, 0.05) is 25.0 Å². The number of nitriles is 1. The van der Waals surface area contributed by atoms with E-state index in [4.69, 9.17) is 5.26 Å². The maximum Gasteiger partial charge on any atom is 0.101 e. The maximum atomic E-state index is 8.66. The number of hydrogen-bond donors (Lipinski definition) is 1. The molecule has 1 aromatic rings. The van der Waals surface area contributed by atoms with Crippen molar-refractivity contribution in [1.29, 1.82) is 5.26 Å². The summed E-state index contributed by atoms with van der Waals surface area (Å²) >= 11 is 0. The van der Waals surface area contributed by atoms with Gasteiger partial charge in [0.1, 0.15) is 6.07 Å². The molecule has 4 heteroatoms. The molecule has 2 heterocycles. The molecule has 1 aromatic heterocycles. The van der Waals surface area contributed by atoms with Crippen LogP contribution in [0.1, 0.15) is 23.6 Å². The van der Waals surface area contributed by atoms with Crippen molar-refractivity contribution in [1.82, 2.24) is 10.4 Å². The van der Waals surface area contributed by atoms with Gasteiger partial charge in [0.2, 0.25) is 0 Å². The standard InChI is InChI=1S/C9H8N4/c10-4-7-3-8(6-11-5-7)9-1-2-12-13-9/h2-3,5-6,9,13H,1H2. The molecule has 1 aliphatic rings. The lowest BCUT2D eigenvalue weighted by Gasteiger charge is -2.08. The third-order valence-corrected chi connectivity index (χ3v) is 1.95. The van der Waals surface area contributed by atoms with Gasteiger partial charge in [-0.05, 0) is 11.6 Å². The Labute approximate surface area is 75.9 Å². The van der Waals surface area contributed by atoms with Gasteiger partial charge in [-0.25, -0.2) is 0 Å². The monoisotopic (exact) mass is 172 g/mol. The third kappa shape index (κ3) is 1.49. The van der Waals surface area contributed by atoms with E-state index in [0.717, 1.165) is 12.0 Å². The van der Waals surface area contributed by atoms with Crippen molar-refractivity contribution in [3.63, 3.8) is 0 Å². The third-order valence-electron chi connectivity index (χ3n) is 1.95. The summed E-state index contributed by atoms with van der Waals surface area (Å²) in [6.45, 7) is 0. The van der Waals surface area contributed by atoms with Crippen molar-refractivity contribution in [3.8, 4) is 6.07 Å². The molecule has 0 fully saturated rings. The number of nitrogens with zero attached hydrogens (tertiary/aromatic N) is 3. The van der Waals surface area contributed by atoms with Crippen molar-refractivity contribution in [2.75, 3.05) is 0 Å². The SMILES string of the molecule is N#Cc1cncc(C2CC=NN2)c1. The van der Waals surface area contributed by atoms with Gasteiger partial charge in [0.05, 0.1) is 11.6 Å². The minimum absolute atomic E-state index is 0.181. The summed E-state index contributed by atoms with van der Waals surface area (Å²) in [7, 11) is 0. The van der Waals surface area contributed by atoms with Gasteiger partial charge in [-0.1, -0.05) is 0 Å². The first kappa shape index (κ1) is 7.74. The minimum Gasteiger partial charge on any atom is -0.302 e. The fourth-order valence-electron chi connectivity index (χ4n) is 1.27. The Morgan fingerprint density at radius 3 is 3.15 bits per heavy atom. The van der Waals surface area contributed by atoms with E-state index in [1.807, 2.05) is 12.3 Å². The fourth-order valence-corrected chi connectivity index (χ4v) is 1.27. The molecule has 1 atom stereocenters. The molecule has 0 saturated carbocycles. The molecule has 0 aliphatic carbocycles. The van der Waals surface area contributed by atoms with Gasteiger partial charge in [-0.2, -0.15) is 10.4 Å². The molecule has 4 nitrogen and oxygen atoms in total. The molecular formula is C9H8N4. The Kier molecular flexibility index (Phi) is 1.93. The first-order valence-electron chi connectivity index (χ1n) is 4.02. The minimum atomic E-state index is 0.181. The summed E-state index contributed by atoms with van der Waals surface area (Å²) in [5.41, 5.74) is 4.54. The van der Waals surface area contributed by atoms with Crippen LogP contribution in [0.2, 0.25) is 0 Å². The van der Waals surface area contributed by atoms with E-state index in [1.165, 1.54) is 0 Å². The van der Waals surface area contributed by atoms with Gasteiger partial charge < -0.3 is 5.43 Å². The Balaban J connectivity index is 2.26. The van der Waals surface area contributed by atoms with Gasteiger partial charge in [-0.3, -0.25) is 4.98 Å². The molecule has 13 heavy (non-hydrogen) atoms. The summed E-state index contributed by atoms with van der Waals surface area (Å²) < 4.78 is 0. The average molecular weight is 172 g/mol. The Morgan fingerprint density at radius 1 is 1.54 bits per heavy atom. The summed E-state index contributed by atoms with van der Waals surface area (Å²) in [6, 6.07) is 4.07. The predicted molar refractivity (Wildman–Crippen MR) is 47.9 cm³/mol. The second kappa shape index (κ2) is 3.23. The number of hydrazone groups is 1. The summed E-state index contributed by atoms with van der Waals surface area (Å²) in [5, 5.41) is 12.6. The lowest BCUT2D eigenvalue weighted by atomic mass is 10.1. The van der Waals surface area contributed by atoms with Crippen LogP contribution in [0.4, 0.5) is 0 Å². The van der Waals surface area contributed by atoms with Gasteiger partial charge in [0.25, 0.3) is 0 Å². The van der Waals surface area contributed by atoms with E-state index in [-0.39, 0.29) is 6.04 Å². The maximum absolute atomic E-state index is 8.66. The van der Waals surface area contributed by atoms with Crippen LogP contribution in [0.3, 0.4) is 0 Å². The van der Waals surface area contributed by atoms with Crippen molar-refractivity contribution in [2.24, 2.45) is 5.10 Å². The highest BCUT2D eigenvalue weighted by Gasteiger charge is 2.13. The topological polar surface area (TPSA) is 61.1 Å². The Hall–Kier alpha value is -1.89. The van der Waals surface area contributed by atoms with Crippen molar-refractivity contribution < 1.29 is 0 Å². The molecule has 0 saturated heterocycles. The Morgan fingerprint density at radius 2 is 2.46 bits per heavy atom. The second-order valence-electron chi connectivity index (χ2n) is 2.85. The molecule has 0 radical (unpaired) electrons. The largest absolute Gasteiger partial charge is 0.302 e. The molecule has 2 rings (SSSR count). The van der Waals surface area contributed by atoms with Gasteiger partial charge in [-0.15, -0.1) is 0 Å². The van der Waals surface area contributed by atoms with Gasteiger partial charge in [0.15, 0.2) is 0 Å². The van der Waals surface area contributed by atoms with E-state index in [0.29, 0.717) is 5.56 Å². The van der Waals surface area contributed by atoms with Crippen LogP contribution in [-0.2, 0) is 0 Å². The quantitative estimate of drug-likeness (QED) is 0.686. The lowest BCUT2D eigenvalue weighted by Crippen LogP contribution is -2.09.